The summed E-state index contributed by atoms with van der Waals surface area (Å²) in [6.45, 7) is 7.72. The van der Waals surface area contributed by atoms with Crippen LogP contribution in [0.4, 0.5) is 0 Å². The van der Waals surface area contributed by atoms with Gasteiger partial charge in [0.1, 0.15) is 5.75 Å². The Morgan fingerprint density at radius 2 is 1.83 bits per heavy atom. The van der Waals surface area contributed by atoms with Crippen molar-refractivity contribution in [2.24, 2.45) is 4.99 Å². The maximum Gasteiger partial charge on any atom is 0.338 e. The van der Waals surface area contributed by atoms with Gasteiger partial charge in [0, 0.05) is 6.92 Å². The molecule has 0 radical (unpaired) electrons. The lowest BCUT2D eigenvalue weighted by Crippen LogP contribution is -2.40. The van der Waals surface area contributed by atoms with Gasteiger partial charge in [-0.15, -0.1) is 0 Å². The van der Waals surface area contributed by atoms with Crippen molar-refractivity contribution in [3.05, 3.63) is 84.5 Å². The number of hydrogen-bond donors (Lipinski definition) is 0. The van der Waals surface area contributed by atoms with Crippen LogP contribution in [-0.2, 0) is 14.3 Å². The molecular weight excluding hydrogens is 544 g/mol. The lowest BCUT2D eigenvalue weighted by atomic mass is 9.95. The van der Waals surface area contributed by atoms with Crippen LogP contribution in [0.1, 0.15) is 64.1 Å². The number of hydrogen-bond acceptors (Lipinski definition) is 9. The van der Waals surface area contributed by atoms with Crippen LogP contribution in [0.2, 0.25) is 0 Å². The second-order valence-corrected chi connectivity index (χ2v) is 10.4. The number of methoxy groups -OCH3 is 1. The summed E-state index contributed by atoms with van der Waals surface area (Å²) in [6, 6.07) is 11.7. The highest BCUT2D eigenvalue weighted by Gasteiger charge is 2.34. The van der Waals surface area contributed by atoms with E-state index in [9.17, 15) is 14.4 Å². The molecule has 0 fully saturated rings. The second-order valence-electron chi connectivity index (χ2n) is 9.43. The molecule has 216 valence electrons. The van der Waals surface area contributed by atoms with Gasteiger partial charge in [-0.05, 0) is 61.7 Å². The molecule has 0 amide bonds. The highest BCUT2D eigenvalue weighted by atomic mass is 32.1. The Kier molecular flexibility index (Phi) is 9.78. The van der Waals surface area contributed by atoms with E-state index in [1.165, 1.54) is 29.9 Å². The number of esters is 2. The summed E-state index contributed by atoms with van der Waals surface area (Å²) in [6.07, 6.45) is 5.07. The van der Waals surface area contributed by atoms with E-state index in [2.05, 4.69) is 11.9 Å². The first-order valence-corrected chi connectivity index (χ1v) is 14.4. The topological polar surface area (TPSA) is 105 Å². The van der Waals surface area contributed by atoms with Crippen LogP contribution in [0.15, 0.2) is 63.5 Å². The molecule has 1 unspecified atom stereocenters. The van der Waals surface area contributed by atoms with Gasteiger partial charge in [0.05, 0.1) is 42.2 Å². The van der Waals surface area contributed by atoms with Gasteiger partial charge in [0.2, 0.25) is 0 Å². The van der Waals surface area contributed by atoms with E-state index in [-0.39, 0.29) is 29.2 Å². The first-order valence-electron chi connectivity index (χ1n) is 13.6. The number of benzene rings is 2. The fraction of sp³-hybridized carbons (Fsp3) is 0.355. The van der Waals surface area contributed by atoms with Gasteiger partial charge >= 0.3 is 11.9 Å². The van der Waals surface area contributed by atoms with Crippen LogP contribution in [0.3, 0.4) is 0 Å². The molecule has 4 rings (SSSR count). The highest BCUT2D eigenvalue weighted by Crippen LogP contribution is 2.36. The van der Waals surface area contributed by atoms with Crippen LogP contribution in [0.5, 0.6) is 17.2 Å². The zero-order valence-corrected chi connectivity index (χ0v) is 24.7. The maximum atomic E-state index is 13.9. The third-order valence-corrected chi connectivity index (χ3v) is 7.45. The molecule has 10 heteroatoms. The van der Waals surface area contributed by atoms with E-state index in [1.54, 1.807) is 38.1 Å². The van der Waals surface area contributed by atoms with E-state index in [0.717, 1.165) is 30.6 Å². The van der Waals surface area contributed by atoms with Gasteiger partial charge in [-0.25, -0.2) is 9.79 Å². The minimum Gasteiger partial charge on any atom is -0.494 e. The van der Waals surface area contributed by atoms with Crippen molar-refractivity contribution in [1.82, 2.24) is 4.57 Å². The fourth-order valence-electron chi connectivity index (χ4n) is 4.55. The molecule has 2 heterocycles. The largest absolute Gasteiger partial charge is 0.494 e. The van der Waals surface area contributed by atoms with Gasteiger partial charge in [0.25, 0.3) is 5.56 Å². The Morgan fingerprint density at radius 1 is 1.07 bits per heavy atom. The van der Waals surface area contributed by atoms with Gasteiger partial charge in [0.15, 0.2) is 16.3 Å². The Balaban J connectivity index is 1.79. The van der Waals surface area contributed by atoms with E-state index < -0.39 is 18.0 Å². The molecule has 1 aromatic heterocycles. The summed E-state index contributed by atoms with van der Waals surface area (Å²) in [5.41, 5.74) is 1.82. The van der Waals surface area contributed by atoms with Crippen molar-refractivity contribution in [1.29, 1.82) is 0 Å². The Bertz CT molecular complexity index is 1630. The average Bonchev–Trinajstić information content (AvgIpc) is 3.25. The molecule has 0 spiro atoms. The Labute approximate surface area is 242 Å². The third kappa shape index (κ3) is 6.77. The molecule has 1 atom stereocenters. The normalized spacial score (nSPS) is 14.8. The average molecular weight is 579 g/mol. The minimum atomic E-state index is -0.827. The van der Waals surface area contributed by atoms with E-state index in [4.69, 9.17) is 18.9 Å². The maximum absolute atomic E-state index is 13.9. The van der Waals surface area contributed by atoms with Gasteiger partial charge < -0.3 is 18.9 Å². The fourth-order valence-corrected chi connectivity index (χ4v) is 5.60. The predicted molar refractivity (Wildman–Crippen MR) is 156 cm³/mol. The quantitative estimate of drug-likeness (QED) is 0.190. The van der Waals surface area contributed by atoms with Crippen molar-refractivity contribution in [2.75, 3.05) is 20.3 Å². The van der Waals surface area contributed by atoms with Crippen molar-refractivity contribution in [3.8, 4) is 17.2 Å². The van der Waals surface area contributed by atoms with Crippen LogP contribution in [-0.4, -0.2) is 36.8 Å². The number of nitrogens with zero attached hydrogens (tertiary/aromatic N) is 2. The summed E-state index contributed by atoms with van der Waals surface area (Å²) in [5, 5.41) is 0. The first kappa shape index (κ1) is 29.8. The van der Waals surface area contributed by atoms with Crippen LogP contribution in [0, 0.1) is 0 Å². The summed E-state index contributed by atoms with van der Waals surface area (Å²) < 4.78 is 23.8. The molecule has 1 aliphatic heterocycles. The highest BCUT2D eigenvalue weighted by molar-refractivity contribution is 7.07. The molecule has 0 saturated carbocycles. The number of unbranched alkanes of at least 4 members (excludes halogenated alkanes) is 2. The number of fused-ring (bicyclic) bond motifs is 1. The van der Waals surface area contributed by atoms with E-state index >= 15 is 0 Å². The zero-order valence-electron chi connectivity index (χ0n) is 23.9. The molecule has 0 bridgehead atoms. The van der Waals surface area contributed by atoms with Crippen molar-refractivity contribution < 1.29 is 28.5 Å². The SMILES string of the molecule is CCCCCOc1ccc(C=c2sc3n(c2=O)C(c2ccc(OC(C)=O)c(OC)c2)C(C(=O)OCC)=C(C)N=3)cc1. The van der Waals surface area contributed by atoms with Gasteiger partial charge in [-0.3, -0.25) is 14.2 Å². The molecule has 0 N–H and O–H groups in total. The molecular formula is C31H34N2O7S. The standard InChI is InChI=1S/C31H34N2O7S/c1-6-8-9-16-39-23-13-10-21(11-14-23)17-26-29(35)33-28(22-12-15-24(40-20(4)34)25(18-22)37-5)27(30(36)38-7-2)19(3)32-31(33)41-26/h10-15,17-18,28H,6-9,16H2,1-5H3. The number of thiazole rings is 1. The second kappa shape index (κ2) is 13.5. The number of aromatic nitrogens is 1. The number of ether oxygens (including phenoxy) is 4. The Hall–Kier alpha value is -4.18. The van der Waals surface area contributed by atoms with E-state index in [0.29, 0.717) is 27.2 Å². The monoisotopic (exact) mass is 578 g/mol. The zero-order chi connectivity index (χ0) is 29.5. The lowest BCUT2D eigenvalue weighted by Gasteiger charge is -2.25. The number of rotatable bonds is 11. The number of carbonyl (C=O) groups excluding carboxylic acids is 2. The van der Waals surface area contributed by atoms with Crippen molar-refractivity contribution in [3.63, 3.8) is 0 Å². The molecule has 0 saturated heterocycles. The Morgan fingerprint density at radius 3 is 2.49 bits per heavy atom. The summed E-state index contributed by atoms with van der Waals surface area (Å²) in [5.74, 6) is 0.233. The van der Waals surface area contributed by atoms with Crippen LogP contribution in [0.25, 0.3) is 6.08 Å². The molecule has 41 heavy (non-hydrogen) atoms. The van der Waals surface area contributed by atoms with Crippen LogP contribution < -0.4 is 29.1 Å². The lowest BCUT2D eigenvalue weighted by molar-refractivity contribution is -0.139. The van der Waals surface area contributed by atoms with Gasteiger partial charge in [-0.1, -0.05) is 49.3 Å². The molecule has 3 aromatic rings. The number of allylic oxidation sites excluding steroid dienone is 1. The predicted octanol–water partition coefficient (Wildman–Crippen LogP) is 4.30. The molecule has 0 aliphatic carbocycles. The van der Waals surface area contributed by atoms with Crippen molar-refractivity contribution >= 4 is 29.4 Å². The summed E-state index contributed by atoms with van der Waals surface area (Å²) >= 11 is 1.24. The molecule has 1 aliphatic rings. The van der Waals surface area contributed by atoms with E-state index in [1.807, 2.05) is 24.3 Å². The smallest absolute Gasteiger partial charge is 0.338 e. The van der Waals surface area contributed by atoms with Crippen LogP contribution >= 0.6 is 11.3 Å². The molecule has 2 aromatic carbocycles. The number of carbonyl (C=O) groups is 2. The molecule has 9 nitrogen and oxygen atoms in total. The summed E-state index contributed by atoms with van der Waals surface area (Å²) in [7, 11) is 1.45. The minimum absolute atomic E-state index is 0.166. The summed E-state index contributed by atoms with van der Waals surface area (Å²) in [4.78, 5) is 43.6. The van der Waals surface area contributed by atoms with Gasteiger partial charge in [-0.2, -0.15) is 0 Å². The third-order valence-electron chi connectivity index (χ3n) is 6.47. The first-order chi connectivity index (χ1) is 19.8. The van der Waals surface area contributed by atoms with Crippen molar-refractivity contribution in [2.45, 2.75) is 53.0 Å².